The molecule has 0 spiro atoms. The summed E-state index contributed by atoms with van der Waals surface area (Å²) >= 11 is 5.67. The molecule has 0 aliphatic carbocycles. The summed E-state index contributed by atoms with van der Waals surface area (Å²) in [5.74, 6) is 1.52. The molecule has 0 aromatic carbocycles. The van der Waals surface area contributed by atoms with Crippen molar-refractivity contribution in [2.24, 2.45) is 5.92 Å². The summed E-state index contributed by atoms with van der Waals surface area (Å²) in [6.45, 7) is 5.42. The number of nitrogens with zero attached hydrogens (tertiary/aromatic N) is 2. The van der Waals surface area contributed by atoms with Gasteiger partial charge in [0.15, 0.2) is 5.15 Å². The molecule has 4 heteroatoms. The van der Waals surface area contributed by atoms with Crippen LogP contribution in [0.4, 0.5) is 5.82 Å². The maximum atomic E-state index is 5.67. The number of rotatable bonds is 7. The van der Waals surface area contributed by atoms with Crippen molar-refractivity contribution in [3.8, 4) is 0 Å². The van der Waals surface area contributed by atoms with E-state index in [4.69, 9.17) is 11.6 Å². The summed E-state index contributed by atoms with van der Waals surface area (Å²) in [5, 5.41) is 11.5. The number of hydrogen-bond donors (Lipinski definition) is 1. The van der Waals surface area contributed by atoms with Gasteiger partial charge in [0.2, 0.25) is 0 Å². The lowest BCUT2D eigenvalue weighted by molar-refractivity contribution is 0.472. The Labute approximate surface area is 103 Å². The molecule has 1 N–H and O–H groups in total. The van der Waals surface area contributed by atoms with E-state index in [1.165, 1.54) is 25.7 Å². The summed E-state index contributed by atoms with van der Waals surface area (Å²) in [7, 11) is 0. The summed E-state index contributed by atoms with van der Waals surface area (Å²) in [5.41, 5.74) is 0. The van der Waals surface area contributed by atoms with Crippen molar-refractivity contribution in [1.29, 1.82) is 0 Å². The van der Waals surface area contributed by atoms with Crippen LogP contribution >= 0.6 is 11.6 Å². The highest BCUT2D eigenvalue weighted by atomic mass is 35.5. The first kappa shape index (κ1) is 13.2. The normalized spacial score (nSPS) is 12.4. The van der Waals surface area contributed by atoms with Crippen LogP contribution in [0.2, 0.25) is 5.15 Å². The fourth-order valence-corrected chi connectivity index (χ4v) is 1.70. The van der Waals surface area contributed by atoms with Crippen LogP contribution in [0.15, 0.2) is 12.1 Å². The van der Waals surface area contributed by atoms with E-state index in [1.54, 1.807) is 6.07 Å². The molecular weight excluding hydrogens is 222 g/mol. The molecule has 90 valence electrons. The molecule has 16 heavy (non-hydrogen) atoms. The Hall–Kier alpha value is -0.830. The molecule has 3 nitrogen and oxygen atoms in total. The van der Waals surface area contributed by atoms with Crippen molar-refractivity contribution in [2.45, 2.75) is 39.5 Å². The minimum Gasteiger partial charge on any atom is -0.368 e. The molecule has 0 amide bonds. The van der Waals surface area contributed by atoms with Gasteiger partial charge in [-0.2, -0.15) is 0 Å². The Morgan fingerprint density at radius 3 is 2.69 bits per heavy atom. The van der Waals surface area contributed by atoms with Gasteiger partial charge in [0.05, 0.1) is 0 Å². The van der Waals surface area contributed by atoms with Gasteiger partial charge >= 0.3 is 0 Å². The van der Waals surface area contributed by atoms with Crippen LogP contribution in [0.1, 0.15) is 39.5 Å². The third kappa shape index (κ3) is 4.79. The molecule has 1 aromatic rings. The first-order chi connectivity index (χ1) is 7.76. The second-order valence-electron chi connectivity index (χ2n) is 4.04. The Bertz CT molecular complexity index is 287. The van der Waals surface area contributed by atoms with Crippen LogP contribution in [-0.4, -0.2) is 16.7 Å². The van der Waals surface area contributed by atoms with Crippen molar-refractivity contribution in [1.82, 2.24) is 10.2 Å². The van der Waals surface area contributed by atoms with E-state index in [1.807, 2.05) is 6.07 Å². The molecule has 1 aromatic heterocycles. The van der Waals surface area contributed by atoms with Gasteiger partial charge in [0, 0.05) is 6.54 Å². The molecule has 0 radical (unpaired) electrons. The van der Waals surface area contributed by atoms with E-state index in [2.05, 4.69) is 29.4 Å². The van der Waals surface area contributed by atoms with Crippen LogP contribution in [-0.2, 0) is 0 Å². The molecule has 0 bridgehead atoms. The first-order valence-electron chi connectivity index (χ1n) is 5.99. The average molecular weight is 242 g/mol. The van der Waals surface area contributed by atoms with Gasteiger partial charge in [-0.15, -0.1) is 10.2 Å². The van der Waals surface area contributed by atoms with Crippen molar-refractivity contribution in [3.05, 3.63) is 17.3 Å². The summed E-state index contributed by atoms with van der Waals surface area (Å²) < 4.78 is 0. The zero-order valence-corrected chi connectivity index (χ0v) is 10.8. The largest absolute Gasteiger partial charge is 0.368 e. The van der Waals surface area contributed by atoms with Gasteiger partial charge in [-0.25, -0.2) is 0 Å². The number of hydrogen-bond acceptors (Lipinski definition) is 3. The molecule has 1 heterocycles. The fourth-order valence-electron chi connectivity index (χ4n) is 1.60. The molecule has 1 rings (SSSR count). The highest BCUT2D eigenvalue weighted by Crippen LogP contribution is 2.14. The molecule has 0 saturated carbocycles. The van der Waals surface area contributed by atoms with E-state index in [0.717, 1.165) is 18.3 Å². The van der Waals surface area contributed by atoms with Crippen molar-refractivity contribution >= 4 is 17.4 Å². The molecule has 0 aliphatic heterocycles. The van der Waals surface area contributed by atoms with Crippen LogP contribution in [0, 0.1) is 5.92 Å². The van der Waals surface area contributed by atoms with Crippen molar-refractivity contribution < 1.29 is 0 Å². The maximum Gasteiger partial charge on any atom is 0.151 e. The predicted molar refractivity (Wildman–Crippen MR) is 68.8 cm³/mol. The number of halogens is 1. The molecule has 0 fully saturated rings. The summed E-state index contributed by atoms with van der Waals surface area (Å²) in [4.78, 5) is 0. The lowest BCUT2D eigenvalue weighted by atomic mass is 9.99. The summed E-state index contributed by atoms with van der Waals surface area (Å²) in [6.07, 6.45) is 5.04. The van der Waals surface area contributed by atoms with Crippen LogP contribution in [0.25, 0.3) is 0 Å². The van der Waals surface area contributed by atoms with Crippen LogP contribution < -0.4 is 5.32 Å². The highest BCUT2D eigenvalue weighted by molar-refractivity contribution is 6.29. The van der Waals surface area contributed by atoms with Gasteiger partial charge in [-0.3, -0.25) is 0 Å². The van der Waals surface area contributed by atoms with Gasteiger partial charge in [-0.1, -0.05) is 44.7 Å². The van der Waals surface area contributed by atoms with E-state index in [9.17, 15) is 0 Å². The smallest absolute Gasteiger partial charge is 0.151 e. The SMILES string of the molecule is CCCC[C@@H](CC)CNc1ccc(Cl)nn1. The predicted octanol–water partition coefficient (Wildman–Crippen LogP) is 3.76. The fraction of sp³-hybridized carbons (Fsp3) is 0.667. The van der Waals surface area contributed by atoms with Crippen molar-refractivity contribution in [2.75, 3.05) is 11.9 Å². The van der Waals surface area contributed by atoms with Crippen LogP contribution in [0.5, 0.6) is 0 Å². The number of nitrogens with one attached hydrogen (secondary N) is 1. The lowest BCUT2D eigenvalue weighted by Crippen LogP contribution is -2.14. The monoisotopic (exact) mass is 241 g/mol. The zero-order chi connectivity index (χ0) is 11.8. The number of aromatic nitrogens is 2. The first-order valence-corrected chi connectivity index (χ1v) is 6.37. The highest BCUT2D eigenvalue weighted by Gasteiger charge is 2.05. The third-order valence-electron chi connectivity index (χ3n) is 2.75. The molecule has 1 atom stereocenters. The molecule has 0 saturated heterocycles. The van der Waals surface area contributed by atoms with E-state index < -0.39 is 0 Å². The second-order valence-corrected chi connectivity index (χ2v) is 4.43. The minimum atomic E-state index is 0.434. The topological polar surface area (TPSA) is 37.8 Å². The van der Waals surface area contributed by atoms with Crippen molar-refractivity contribution in [3.63, 3.8) is 0 Å². The quantitative estimate of drug-likeness (QED) is 0.790. The van der Waals surface area contributed by atoms with E-state index in [0.29, 0.717) is 5.15 Å². The lowest BCUT2D eigenvalue weighted by Gasteiger charge is -2.15. The van der Waals surface area contributed by atoms with E-state index >= 15 is 0 Å². The number of unbranched alkanes of at least 4 members (excludes halogenated alkanes) is 1. The Morgan fingerprint density at radius 1 is 1.31 bits per heavy atom. The van der Waals surface area contributed by atoms with Gasteiger partial charge in [-0.05, 0) is 24.5 Å². The molecule has 0 aliphatic rings. The number of anilines is 1. The zero-order valence-electron chi connectivity index (χ0n) is 10.0. The van der Waals surface area contributed by atoms with Gasteiger partial charge in [0.25, 0.3) is 0 Å². The molecular formula is C12H20ClN3. The van der Waals surface area contributed by atoms with Crippen LogP contribution in [0.3, 0.4) is 0 Å². The Kier molecular flexibility index (Phi) is 6.16. The minimum absolute atomic E-state index is 0.434. The third-order valence-corrected chi connectivity index (χ3v) is 2.95. The summed E-state index contributed by atoms with van der Waals surface area (Å²) in [6, 6.07) is 3.62. The van der Waals surface area contributed by atoms with Gasteiger partial charge < -0.3 is 5.32 Å². The Morgan fingerprint density at radius 2 is 2.12 bits per heavy atom. The average Bonchev–Trinajstić information content (AvgIpc) is 2.32. The molecule has 0 unspecified atom stereocenters. The second kappa shape index (κ2) is 7.44. The van der Waals surface area contributed by atoms with E-state index in [-0.39, 0.29) is 0 Å². The maximum absolute atomic E-state index is 5.67. The van der Waals surface area contributed by atoms with Gasteiger partial charge in [0.1, 0.15) is 5.82 Å². The standard InChI is InChI=1S/C12H20ClN3/c1-3-5-6-10(4-2)9-14-12-8-7-11(13)15-16-12/h7-8,10H,3-6,9H2,1-2H3,(H,14,16)/t10-/m1/s1. The Balaban J connectivity index is 2.34.